The van der Waals surface area contributed by atoms with Gasteiger partial charge in [-0.1, -0.05) is 11.6 Å². The Morgan fingerprint density at radius 3 is 2.72 bits per heavy atom. The Morgan fingerprint density at radius 1 is 1.32 bits per heavy atom. The van der Waals surface area contributed by atoms with E-state index in [0.29, 0.717) is 0 Å². The monoisotopic (exact) mass is 364 g/mol. The molecule has 0 aliphatic carbocycles. The molecular formula is C19H22ClFN2O2. The van der Waals surface area contributed by atoms with Crippen molar-refractivity contribution in [3.05, 3.63) is 53.1 Å². The van der Waals surface area contributed by atoms with Crippen LogP contribution in [0.15, 0.2) is 36.7 Å². The van der Waals surface area contributed by atoms with Crippen molar-refractivity contribution in [2.45, 2.75) is 19.3 Å². The lowest BCUT2D eigenvalue weighted by Crippen LogP contribution is -2.43. The summed E-state index contributed by atoms with van der Waals surface area (Å²) in [7, 11) is 1.64. The number of ether oxygens (including phenoxy) is 1. The maximum Gasteiger partial charge on any atom is 0.141 e. The molecule has 1 aromatic heterocycles. The Morgan fingerprint density at radius 2 is 2.08 bits per heavy atom. The highest BCUT2D eigenvalue weighted by atomic mass is 35.5. The van der Waals surface area contributed by atoms with E-state index >= 15 is 0 Å². The number of anilines is 1. The van der Waals surface area contributed by atoms with Crippen molar-refractivity contribution in [1.82, 2.24) is 4.98 Å². The first-order valence-corrected chi connectivity index (χ1v) is 8.72. The normalized spacial score (nSPS) is 16.7. The van der Waals surface area contributed by atoms with Gasteiger partial charge in [-0.15, -0.1) is 0 Å². The average molecular weight is 365 g/mol. The lowest BCUT2D eigenvalue weighted by molar-refractivity contribution is 0.0955. The van der Waals surface area contributed by atoms with Gasteiger partial charge in [-0.2, -0.15) is 0 Å². The lowest BCUT2D eigenvalue weighted by atomic mass is 9.74. The molecule has 1 N–H and O–H groups in total. The van der Waals surface area contributed by atoms with E-state index < -0.39 is 5.82 Å². The second-order valence-corrected chi connectivity index (χ2v) is 7.02. The molecule has 0 radical (unpaired) electrons. The van der Waals surface area contributed by atoms with E-state index in [0.717, 1.165) is 49.4 Å². The van der Waals surface area contributed by atoms with Gasteiger partial charge in [0, 0.05) is 48.8 Å². The fourth-order valence-electron chi connectivity index (χ4n) is 3.46. The zero-order chi connectivity index (χ0) is 17.9. The third kappa shape index (κ3) is 3.88. The Labute approximate surface area is 152 Å². The van der Waals surface area contributed by atoms with Crippen LogP contribution in [0.2, 0.25) is 5.02 Å². The van der Waals surface area contributed by atoms with Gasteiger partial charge in [0.15, 0.2) is 0 Å². The molecule has 1 aliphatic heterocycles. The van der Waals surface area contributed by atoms with Crippen molar-refractivity contribution in [3.63, 3.8) is 0 Å². The largest absolute Gasteiger partial charge is 0.496 e. The zero-order valence-corrected chi connectivity index (χ0v) is 15.0. The topological polar surface area (TPSA) is 45.6 Å². The van der Waals surface area contributed by atoms with Gasteiger partial charge in [0.05, 0.1) is 12.1 Å². The molecule has 4 nitrogen and oxygen atoms in total. The summed E-state index contributed by atoms with van der Waals surface area (Å²) < 4.78 is 18.8. The van der Waals surface area contributed by atoms with Crippen LogP contribution < -0.4 is 9.64 Å². The van der Waals surface area contributed by atoms with Crippen molar-refractivity contribution in [1.29, 1.82) is 0 Å². The van der Waals surface area contributed by atoms with Crippen LogP contribution in [-0.2, 0) is 6.42 Å². The minimum Gasteiger partial charge on any atom is -0.496 e. The maximum absolute atomic E-state index is 13.4. The Hall–Kier alpha value is -1.85. The second-order valence-electron chi connectivity index (χ2n) is 6.61. The Bertz CT molecular complexity index is 733. The number of hydrogen-bond acceptors (Lipinski definition) is 4. The van der Waals surface area contributed by atoms with Gasteiger partial charge in [0.2, 0.25) is 0 Å². The van der Waals surface area contributed by atoms with Gasteiger partial charge in [-0.3, -0.25) is 4.98 Å². The highest BCUT2D eigenvalue weighted by Crippen LogP contribution is 2.38. The third-order valence-electron chi connectivity index (χ3n) is 5.07. The van der Waals surface area contributed by atoms with Gasteiger partial charge >= 0.3 is 0 Å². The molecule has 134 valence electrons. The minimum absolute atomic E-state index is 0.114. The Kier molecular flexibility index (Phi) is 5.45. The molecule has 0 atom stereocenters. The molecule has 1 aliphatic rings. The minimum atomic E-state index is -0.407. The van der Waals surface area contributed by atoms with Gasteiger partial charge in [-0.25, -0.2) is 4.39 Å². The Balaban J connectivity index is 1.72. The number of rotatable bonds is 5. The second kappa shape index (κ2) is 7.58. The summed E-state index contributed by atoms with van der Waals surface area (Å²) in [6, 6.07) is 6.65. The number of benzene rings is 1. The van der Waals surface area contributed by atoms with Crippen LogP contribution in [0, 0.1) is 11.2 Å². The van der Waals surface area contributed by atoms with Gasteiger partial charge in [0.1, 0.15) is 11.6 Å². The molecule has 1 saturated heterocycles. The molecule has 0 spiro atoms. The van der Waals surface area contributed by atoms with Crippen LogP contribution in [-0.4, -0.2) is 36.9 Å². The summed E-state index contributed by atoms with van der Waals surface area (Å²) in [5.41, 5.74) is 1.73. The molecule has 0 unspecified atom stereocenters. The summed E-state index contributed by atoms with van der Waals surface area (Å²) in [5, 5.41) is 10.2. The number of pyridine rings is 1. The molecule has 25 heavy (non-hydrogen) atoms. The summed E-state index contributed by atoms with van der Waals surface area (Å²) >= 11 is 5.89. The van der Waals surface area contributed by atoms with Crippen molar-refractivity contribution < 1.29 is 14.2 Å². The number of methoxy groups -OCH3 is 1. The van der Waals surface area contributed by atoms with Crippen LogP contribution >= 0.6 is 11.6 Å². The molecule has 0 amide bonds. The molecule has 0 bridgehead atoms. The van der Waals surface area contributed by atoms with Crippen LogP contribution in [0.3, 0.4) is 0 Å². The highest BCUT2D eigenvalue weighted by molar-refractivity contribution is 6.31. The zero-order valence-electron chi connectivity index (χ0n) is 14.2. The number of aromatic nitrogens is 1. The van der Waals surface area contributed by atoms with E-state index in [9.17, 15) is 9.50 Å². The molecule has 2 heterocycles. The molecule has 1 aromatic carbocycles. The summed E-state index contributed by atoms with van der Waals surface area (Å²) in [6.07, 6.45) is 5.89. The van der Waals surface area contributed by atoms with E-state index in [2.05, 4.69) is 9.88 Å². The van der Waals surface area contributed by atoms with Crippen LogP contribution in [0.1, 0.15) is 18.4 Å². The first-order valence-electron chi connectivity index (χ1n) is 8.35. The fraction of sp³-hybridized carbons (Fsp3) is 0.421. The highest BCUT2D eigenvalue weighted by Gasteiger charge is 2.35. The number of halogens is 2. The van der Waals surface area contributed by atoms with Crippen LogP contribution in [0.5, 0.6) is 5.75 Å². The molecule has 6 heteroatoms. The van der Waals surface area contributed by atoms with Crippen molar-refractivity contribution in [3.8, 4) is 5.75 Å². The maximum atomic E-state index is 13.4. The first kappa shape index (κ1) is 18.0. The number of nitrogens with zero attached hydrogens (tertiary/aromatic N) is 2. The molecule has 2 aromatic rings. The van der Waals surface area contributed by atoms with Crippen molar-refractivity contribution >= 4 is 17.3 Å². The van der Waals surface area contributed by atoms with Crippen LogP contribution in [0.4, 0.5) is 10.1 Å². The van der Waals surface area contributed by atoms with Gasteiger partial charge in [0.25, 0.3) is 0 Å². The van der Waals surface area contributed by atoms with Crippen molar-refractivity contribution in [2.24, 2.45) is 5.41 Å². The predicted molar refractivity (Wildman–Crippen MR) is 96.9 cm³/mol. The predicted octanol–water partition coefficient (Wildman–Crippen LogP) is 3.70. The number of piperidine rings is 1. The molecular weight excluding hydrogens is 343 g/mol. The number of aliphatic hydroxyl groups is 1. The quantitative estimate of drug-likeness (QED) is 0.878. The van der Waals surface area contributed by atoms with E-state index in [1.165, 1.54) is 6.07 Å². The van der Waals surface area contributed by atoms with E-state index in [-0.39, 0.29) is 17.0 Å². The number of hydrogen-bond donors (Lipinski definition) is 1. The van der Waals surface area contributed by atoms with Gasteiger partial charge in [-0.05, 0) is 43.5 Å². The van der Waals surface area contributed by atoms with Crippen molar-refractivity contribution in [2.75, 3.05) is 31.7 Å². The van der Waals surface area contributed by atoms with Gasteiger partial charge < -0.3 is 14.7 Å². The fourth-order valence-corrected chi connectivity index (χ4v) is 3.64. The molecule has 1 fully saturated rings. The molecule has 0 saturated carbocycles. The first-order chi connectivity index (χ1) is 12.1. The SMILES string of the molecule is COc1ccncc1CC1(CO)CCN(c2ccc(F)c(Cl)c2)CC1. The average Bonchev–Trinajstić information content (AvgIpc) is 2.65. The third-order valence-corrected chi connectivity index (χ3v) is 5.36. The smallest absolute Gasteiger partial charge is 0.141 e. The summed E-state index contributed by atoms with van der Waals surface area (Å²) in [6.45, 7) is 1.68. The molecule has 3 rings (SSSR count). The lowest BCUT2D eigenvalue weighted by Gasteiger charge is -2.42. The number of aliphatic hydroxyl groups excluding tert-OH is 1. The summed E-state index contributed by atoms with van der Waals surface area (Å²) in [4.78, 5) is 6.36. The van der Waals surface area contributed by atoms with Crippen LogP contribution in [0.25, 0.3) is 0 Å². The van der Waals surface area contributed by atoms with E-state index in [1.54, 1.807) is 25.4 Å². The summed E-state index contributed by atoms with van der Waals surface area (Å²) in [5.74, 6) is 0.395. The van der Waals surface area contributed by atoms with E-state index in [4.69, 9.17) is 16.3 Å². The van der Waals surface area contributed by atoms with E-state index in [1.807, 2.05) is 12.3 Å². The standard InChI is InChI=1S/C19H22ClFN2O2/c1-25-18-4-7-22-12-14(18)11-19(13-24)5-8-23(9-6-19)15-2-3-17(21)16(20)10-15/h2-4,7,10,12,24H,5-6,8-9,11,13H2,1H3.